The topological polar surface area (TPSA) is 69.8 Å². The van der Waals surface area contributed by atoms with Gasteiger partial charge in [0.15, 0.2) is 0 Å². The molecule has 2 unspecified atom stereocenters. The quantitative estimate of drug-likeness (QED) is 0.464. The molecule has 5 rings (SSSR count). The molecule has 0 bridgehead atoms. The Hall–Kier alpha value is -3.58. The highest BCUT2D eigenvalue weighted by Crippen LogP contribution is 2.46. The van der Waals surface area contributed by atoms with Crippen LogP contribution in [0.3, 0.4) is 0 Å². The van der Waals surface area contributed by atoms with E-state index in [1.165, 1.54) is 24.3 Å². The van der Waals surface area contributed by atoms with E-state index in [-0.39, 0.29) is 23.2 Å². The molecular weight excluding hydrogens is 398 g/mol. The standard InChI is InChI=1S/C24H20F2N4O/c1-27-12-13-2-4-14(5-3-13)20-22(15-6-8-16(25)9-7-15)28-19-11-17(26)10-18-21(19)23(20)29-30-24(18)31/h2-11,20,22,27-28H,12H2,1H3,(H,30,31). The maximum Gasteiger partial charge on any atom is 0.272 e. The molecule has 1 aliphatic rings. The van der Waals surface area contributed by atoms with Crippen LogP contribution in [0.4, 0.5) is 14.5 Å². The van der Waals surface area contributed by atoms with Crippen LogP contribution >= 0.6 is 0 Å². The van der Waals surface area contributed by atoms with E-state index in [1.807, 2.05) is 31.3 Å². The normalized spacial score (nSPS) is 17.5. The Bertz CT molecular complexity index is 1320. The van der Waals surface area contributed by atoms with Gasteiger partial charge in [0.25, 0.3) is 5.56 Å². The fourth-order valence-corrected chi connectivity index (χ4v) is 4.38. The number of aromatic nitrogens is 2. The molecule has 0 fully saturated rings. The van der Waals surface area contributed by atoms with Gasteiger partial charge in [0.1, 0.15) is 11.6 Å². The summed E-state index contributed by atoms with van der Waals surface area (Å²) in [7, 11) is 1.89. The van der Waals surface area contributed by atoms with E-state index < -0.39 is 11.4 Å². The van der Waals surface area contributed by atoms with Gasteiger partial charge >= 0.3 is 0 Å². The van der Waals surface area contributed by atoms with Crippen LogP contribution in [0.1, 0.15) is 34.3 Å². The van der Waals surface area contributed by atoms with Crippen LogP contribution in [0.5, 0.6) is 0 Å². The summed E-state index contributed by atoms with van der Waals surface area (Å²) in [6.45, 7) is 0.744. The van der Waals surface area contributed by atoms with Crippen molar-refractivity contribution in [3.05, 3.63) is 105 Å². The van der Waals surface area contributed by atoms with E-state index in [0.717, 1.165) is 23.2 Å². The third-order valence-corrected chi connectivity index (χ3v) is 5.77. The maximum atomic E-state index is 14.3. The molecule has 2 atom stereocenters. The maximum absolute atomic E-state index is 14.3. The molecule has 2 heterocycles. The average molecular weight is 418 g/mol. The number of hydrogen-bond donors (Lipinski definition) is 3. The Morgan fingerprint density at radius 2 is 1.68 bits per heavy atom. The third-order valence-electron chi connectivity index (χ3n) is 5.77. The minimum Gasteiger partial charge on any atom is -0.377 e. The van der Waals surface area contributed by atoms with E-state index in [1.54, 1.807) is 12.1 Å². The van der Waals surface area contributed by atoms with Crippen LogP contribution in [0.15, 0.2) is 65.5 Å². The van der Waals surface area contributed by atoms with E-state index in [2.05, 4.69) is 20.8 Å². The predicted molar refractivity (Wildman–Crippen MR) is 116 cm³/mol. The van der Waals surface area contributed by atoms with Gasteiger partial charge in [-0.05, 0) is 48.0 Å². The highest BCUT2D eigenvalue weighted by Gasteiger charge is 2.35. The molecule has 4 aromatic rings. The Morgan fingerprint density at radius 1 is 0.968 bits per heavy atom. The molecule has 156 valence electrons. The van der Waals surface area contributed by atoms with Crippen LogP contribution in [0.2, 0.25) is 0 Å². The Kier molecular flexibility index (Phi) is 4.75. The SMILES string of the molecule is CNCc1ccc(C2c3n[nH]c(=O)c4cc(F)cc(c34)NC2c2ccc(F)cc2)cc1. The summed E-state index contributed by atoms with van der Waals surface area (Å²) in [5.74, 6) is -1.11. The first-order valence-corrected chi connectivity index (χ1v) is 10.0. The summed E-state index contributed by atoms with van der Waals surface area (Å²) in [4.78, 5) is 12.4. The summed E-state index contributed by atoms with van der Waals surface area (Å²) in [6.07, 6.45) is 0. The second-order valence-corrected chi connectivity index (χ2v) is 7.74. The van der Waals surface area contributed by atoms with Crippen molar-refractivity contribution in [1.29, 1.82) is 0 Å². The van der Waals surface area contributed by atoms with Crippen LogP contribution in [0.25, 0.3) is 10.8 Å². The number of H-pyrrole nitrogens is 1. The van der Waals surface area contributed by atoms with Crippen molar-refractivity contribution in [3.8, 4) is 0 Å². The lowest BCUT2D eigenvalue weighted by Gasteiger charge is -2.34. The van der Waals surface area contributed by atoms with Crippen LogP contribution in [-0.2, 0) is 6.54 Å². The lowest BCUT2D eigenvalue weighted by Crippen LogP contribution is -2.28. The van der Waals surface area contributed by atoms with Crippen LogP contribution in [-0.4, -0.2) is 17.2 Å². The first-order chi connectivity index (χ1) is 15.0. The van der Waals surface area contributed by atoms with Crippen molar-refractivity contribution in [1.82, 2.24) is 15.5 Å². The predicted octanol–water partition coefficient (Wildman–Crippen LogP) is 4.22. The lowest BCUT2D eigenvalue weighted by atomic mass is 9.80. The van der Waals surface area contributed by atoms with E-state index in [9.17, 15) is 13.6 Å². The van der Waals surface area contributed by atoms with Gasteiger partial charge in [-0.3, -0.25) is 4.79 Å². The van der Waals surface area contributed by atoms with Crippen molar-refractivity contribution in [3.63, 3.8) is 0 Å². The summed E-state index contributed by atoms with van der Waals surface area (Å²) in [5.41, 5.74) is 3.67. The highest BCUT2D eigenvalue weighted by atomic mass is 19.1. The number of anilines is 1. The van der Waals surface area contributed by atoms with Crippen molar-refractivity contribution in [2.75, 3.05) is 12.4 Å². The van der Waals surface area contributed by atoms with Crippen molar-refractivity contribution in [2.24, 2.45) is 0 Å². The number of rotatable bonds is 4. The second-order valence-electron chi connectivity index (χ2n) is 7.74. The molecule has 31 heavy (non-hydrogen) atoms. The lowest BCUT2D eigenvalue weighted by molar-refractivity contribution is 0.612. The van der Waals surface area contributed by atoms with Gasteiger partial charge in [-0.15, -0.1) is 0 Å². The average Bonchev–Trinajstić information content (AvgIpc) is 2.77. The summed E-state index contributed by atoms with van der Waals surface area (Å²) in [5, 5.41) is 14.3. The van der Waals surface area contributed by atoms with Crippen LogP contribution < -0.4 is 16.2 Å². The zero-order valence-electron chi connectivity index (χ0n) is 16.7. The molecule has 0 spiro atoms. The Labute approximate surface area is 177 Å². The van der Waals surface area contributed by atoms with Crippen molar-refractivity contribution in [2.45, 2.75) is 18.5 Å². The highest BCUT2D eigenvalue weighted by molar-refractivity contribution is 5.97. The molecule has 0 saturated heterocycles. The van der Waals surface area contributed by atoms with Gasteiger partial charge in [0.05, 0.1) is 23.0 Å². The number of aromatic amines is 1. The fraction of sp³-hybridized carbons (Fsp3) is 0.167. The van der Waals surface area contributed by atoms with E-state index in [0.29, 0.717) is 16.8 Å². The molecule has 3 aromatic carbocycles. The fourth-order valence-electron chi connectivity index (χ4n) is 4.38. The monoisotopic (exact) mass is 418 g/mol. The Morgan fingerprint density at radius 3 is 2.39 bits per heavy atom. The Balaban J connectivity index is 1.74. The number of nitrogens with one attached hydrogen (secondary N) is 3. The number of hydrogen-bond acceptors (Lipinski definition) is 4. The van der Waals surface area contributed by atoms with Gasteiger partial charge < -0.3 is 10.6 Å². The minimum absolute atomic E-state index is 0.252. The minimum atomic E-state index is -0.509. The van der Waals surface area contributed by atoms with Gasteiger partial charge in [-0.25, -0.2) is 13.9 Å². The summed E-state index contributed by atoms with van der Waals surface area (Å²) in [6, 6.07) is 16.6. The molecular formula is C24H20F2N4O. The first kappa shape index (κ1) is 19.4. The molecule has 0 aliphatic carbocycles. The molecule has 5 nitrogen and oxygen atoms in total. The summed E-state index contributed by atoms with van der Waals surface area (Å²) >= 11 is 0. The summed E-state index contributed by atoms with van der Waals surface area (Å²) < 4.78 is 27.9. The molecule has 3 N–H and O–H groups in total. The molecule has 1 aromatic heterocycles. The molecule has 0 radical (unpaired) electrons. The van der Waals surface area contributed by atoms with Crippen LogP contribution in [0, 0.1) is 11.6 Å². The van der Waals surface area contributed by atoms with E-state index in [4.69, 9.17) is 0 Å². The number of halogens is 2. The zero-order chi connectivity index (χ0) is 21.5. The zero-order valence-corrected chi connectivity index (χ0v) is 16.7. The van der Waals surface area contributed by atoms with Gasteiger partial charge in [0.2, 0.25) is 0 Å². The second kappa shape index (κ2) is 7.59. The third kappa shape index (κ3) is 3.37. The smallest absolute Gasteiger partial charge is 0.272 e. The van der Waals surface area contributed by atoms with Crippen molar-refractivity contribution >= 4 is 16.5 Å². The molecule has 0 saturated carbocycles. The molecule has 1 aliphatic heterocycles. The molecule has 0 amide bonds. The molecule has 7 heteroatoms. The first-order valence-electron chi connectivity index (χ1n) is 10.0. The van der Waals surface area contributed by atoms with Gasteiger partial charge in [-0.2, -0.15) is 5.10 Å². The van der Waals surface area contributed by atoms with Gasteiger partial charge in [-0.1, -0.05) is 36.4 Å². The number of benzene rings is 3. The number of nitrogens with zero attached hydrogens (tertiary/aromatic N) is 1. The largest absolute Gasteiger partial charge is 0.377 e. The van der Waals surface area contributed by atoms with E-state index >= 15 is 0 Å². The van der Waals surface area contributed by atoms with Crippen molar-refractivity contribution < 1.29 is 8.78 Å². The van der Waals surface area contributed by atoms with Gasteiger partial charge in [0, 0.05) is 17.6 Å².